The summed E-state index contributed by atoms with van der Waals surface area (Å²) < 4.78 is 0. The van der Waals surface area contributed by atoms with E-state index < -0.39 is 0 Å². The van der Waals surface area contributed by atoms with E-state index in [1.807, 2.05) is 120 Å². The van der Waals surface area contributed by atoms with Crippen LogP contribution in [0.15, 0.2) is 91.0 Å². The van der Waals surface area contributed by atoms with Crippen LogP contribution in [0.5, 0.6) is 0 Å². The lowest BCUT2D eigenvalue weighted by Gasteiger charge is -1.99. The number of hydrogen-bond donors (Lipinski definition) is 0. The molecule has 0 aromatic heterocycles. The molecule has 0 fully saturated rings. The van der Waals surface area contributed by atoms with Gasteiger partial charge in [0, 0.05) is 11.1 Å². The van der Waals surface area contributed by atoms with Crippen LogP contribution in [0.3, 0.4) is 0 Å². The number of hydrogen-bond acceptors (Lipinski definition) is 1. The highest BCUT2D eigenvalue weighted by Gasteiger charge is 2.06. The van der Waals surface area contributed by atoms with Gasteiger partial charge >= 0.3 is 0 Å². The molecule has 0 radical (unpaired) electrons. The van der Waals surface area contributed by atoms with E-state index in [4.69, 9.17) is 0 Å². The van der Waals surface area contributed by atoms with Gasteiger partial charge in [-0.05, 0) is 6.92 Å². The molecule has 3 rings (SSSR count). The molecule has 1 nitrogen and oxygen atoms in total. The third-order valence-corrected chi connectivity index (χ3v) is 3.01. The Kier molecular flexibility index (Phi) is 19.3. The fraction of sp³-hybridized carbons (Fsp3) is 0.269. The van der Waals surface area contributed by atoms with E-state index in [0.717, 1.165) is 11.1 Å². The van der Waals surface area contributed by atoms with Crippen LogP contribution in [0, 0.1) is 6.92 Å². The summed E-state index contributed by atoms with van der Waals surface area (Å²) >= 11 is 0. The lowest BCUT2D eigenvalue weighted by atomic mass is 10.0. The average Bonchev–Trinajstić information content (AvgIpc) is 2.79. The fourth-order valence-corrected chi connectivity index (χ4v) is 1.88. The molecule has 0 aliphatic rings. The zero-order chi connectivity index (χ0) is 20.9. The van der Waals surface area contributed by atoms with E-state index in [1.54, 1.807) is 0 Å². The van der Waals surface area contributed by atoms with E-state index in [9.17, 15) is 4.79 Å². The van der Waals surface area contributed by atoms with Crippen molar-refractivity contribution in [2.24, 2.45) is 0 Å². The molecule has 27 heavy (non-hydrogen) atoms. The van der Waals surface area contributed by atoms with E-state index in [-0.39, 0.29) is 5.78 Å². The zero-order valence-electron chi connectivity index (χ0n) is 18.1. The molecule has 0 saturated carbocycles. The molecule has 0 unspecified atom stereocenters. The van der Waals surface area contributed by atoms with Crippen molar-refractivity contribution < 1.29 is 4.79 Å². The first kappa shape index (κ1) is 26.6. The normalized spacial score (nSPS) is 7.96. The molecule has 3 aromatic carbocycles. The summed E-state index contributed by atoms with van der Waals surface area (Å²) in [5.41, 5.74) is 2.79. The van der Waals surface area contributed by atoms with Gasteiger partial charge in [0.05, 0.1) is 0 Å². The monoisotopic (exact) mass is 364 g/mol. The molecule has 0 bridgehead atoms. The topological polar surface area (TPSA) is 17.1 Å². The predicted octanol–water partition coefficient (Wildman–Crippen LogP) is 7.99. The van der Waals surface area contributed by atoms with Crippen LogP contribution in [0.1, 0.15) is 63.0 Å². The summed E-state index contributed by atoms with van der Waals surface area (Å²) in [6.45, 7) is 14.1. The van der Waals surface area contributed by atoms with Crippen LogP contribution < -0.4 is 0 Å². The van der Waals surface area contributed by atoms with Crippen molar-refractivity contribution in [2.75, 3.05) is 0 Å². The van der Waals surface area contributed by atoms with Gasteiger partial charge in [0.2, 0.25) is 0 Å². The second-order valence-corrected chi connectivity index (χ2v) is 4.72. The molecule has 0 saturated heterocycles. The van der Waals surface area contributed by atoms with Gasteiger partial charge in [0.25, 0.3) is 0 Å². The molecule has 0 spiro atoms. The smallest absolute Gasteiger partial charge is 0.193 e. The molecule has 3 aromatic rings. The predicted molar refractivity (Wildman–Crippen MR) is 122 cm³/mol. The van der Waals surface area contributed by atoms with Gasteiger partial charge < -0.3 is 0 Å². The second-order valence-electron chi connectivity index (χ2n) is 4.72. The zero-order valence-corrected chi connectivity index (χ0v) is 18.1. The maximum absolute atomic E-state index is 11.8. The number of carbonyl (C=O) groups is 1. The molecule has 1 heteroatoms. The van der Waals surface area contributed by atoms with Gasteiger partial charge in [-0.3, -0.25) is 4.79 Å². The summed E-state index contributed by atoms with van der Waals surface area (Å²) in [5, 5.41) is 0. The van der Waals surface area contributed by atoms with Crippen molar-refractivity contribution in [3.8, 4) is 0 Å². The van der Waals surface area contributed by atoms with Crippen molar-refractivity contribution >= 4 is 5.78 Å². The summed E-state index contributed by atoms with van der Waals surface area (Å²) in [5.74, 6) is 0.0752. The van der Waals surface area contributed by atoms with Gasteiger partial charge in [-0.15, -0.1) is 0 Å². The van der Waals surface area contributed by atoms with Crippen molar-refractivity contribution in [3.05, 3.63) is 108 Å². The molecule has 0 atom stereocenters. The maximum Gasteiger partial charge on any atom is 0.193 e. The maximum atomic E-state index is 11.8. The Morgan fingerprint density at radius 3 is 0.963 bits per heavy atom. The highest BCUT2D eigenvalue weighted by Crippen LogP contribution is 2.08. The van der Waals surface area contributed by atoms with Crippen molar-refractivity contribution in [1.29, 1.82) is 0 Å². The third kappa shape index (κ3) is 12.3. The van der Waals surface area contributed by atoms with Gasteiger partial charge in [0.15, 0.2) is 5.78 Å². The van der Waals surface area contributed by atoms with Crippen LogP contribution in [0.25, 0.3) is 0 Å². The first-order valence-corrected chi connectivity index (χ1v) is 9.94. The summed E-state index contributed by atoms with van der Waals surface area (Å²) in [4.78, 5) is 11.8. The first-order valence-electron chi connectivity index (χ1n) is 9.94. The van der Waals surface area contributed by atoms with Crippen molar-refractivity contribution in [3.63, 3.8) is 0 Å². The highest BCUT2D eigenvalue weighted by atomic mass is 16.1. The van der Waals surface area contributed by atoms with Crippen LogP contribution >= 0.6 is 0 Å². The molecular formula is C26H36O. The van der Waals surface area contributed by atoms with Gasteiger partial charge in [-0.1, -0.05) is 138 Å². The molecule has 0 N–H and O–H groups in total. The lowest BCUT2D eigenvalue weighted by Crippen LogP contribution is -1.99. The molecule has 0 heterocycles. The van der Waals surface area contributed by atoms with Crippen molar-refractivity contribution in [2.45, 2.75) is 48.5 Å². The Labute approximate surface area is 167 Å². The molecule has 0 amide bonds. The quantitative estimate of drug-likeness (QED) is 0.421. The van der Waals surface area contributed by atoms with E-state index >= 15 is 0 Å². The molecule has 0 aliphatic carbocycles. The van der Waals surface area contributed by atoms with Gasteiger partial charge in [-0.2, -0.15) is 0 Å². The van der Waals surface area contributed by atoms with E-state index in [2.05, 4.69) is 19.1 Å². The van der Waals surface area contributed by atoms with Gasteiger partial charge in [0.1, 0.15) is 0 Å². The number of aryl methyl sites for hydroxylation is 1. The Hall–Kier alpha value is -2.67. The van der Waals surface area contributed by atoms with Gasteiger partial charge in [-0.25, -0.2) is 0 Å². The first-order chi connectivity index (χ1) is 13.3. The lowest BCUT2D eigenvalue weighted by molar-refractivity contribution is 0.103. The minimum Gasteiger partial charge on any atom is -0.289 e. The average molecular weight is 365 g/mol. The number of ketones is 1. The number of rotatable bonds is 2. The molecular weight excluding hydrogens is 328 g/mol. The molecule has 146 valence electrons. The Balaban J connectivity index is 0. The summed E-state index contributed by atoms with van der Waals surface area (Å²) in [6, 6.07) is 28.9. The Bertz CT molecular complexity index is 617. The van der Waals surface area contributed by atoms with E-state index in [1.165, 1.54) is 5.56 Å². The molecule has 0 aliphatic heterocycles. The largest absolute Gasteiger partial charge is 0.289 e. The SMILES string of the molecule is CC.CC.CC.Cc1ccccc1.O=C(c1ccccc1)c1ccccc1. The Morgan fingerprint density at radius 2 is 0.741 bits per heavy atom. The Morgan fingerprint density at radius 1 is 0.481 bits per heavy atom. The second kappa shape index (κ2) is 19.7. The van der Waals surface area contributed by atoms with Crippen LogP contribution in [0.2, 0.25) is 0 Å². The van der Waals surface area contributed by atoms with E-state index in [0.29, 0.717) is 0 Å². The number of carbonyl (C=O) groups excluding carboxylic acids is 1. The minimum absolute atomic E-state index is 0.0752. The van der Waals surface area contributed by atoms with Crippen LogP contribution in [-0.2, 0) is 0 Å². The minimum atomic E-state index is 0.0752. The number of benzene rings is 3. The highest BCUT2D eigenvalue weighted by molar-refractivity contribution is 6.08. The standard InChI is InChI=1S/C13H10O.C7H8.3C2H6/c14-13(11-7-3-1-4-8-11)12-9-5-2-6-10-12;1-7-5-3-2-4-6-7;3*1-2/h1-10H;2-6H,1H3;3*1-2H3. The van der Waals surface area contributed by atoms with Crippen LogP contribution in [-0.4, -0.2) is 5.78 Å². The summed E-state index contributed by atoms with van der Waals surface area (Å²) in [7, 11) is 0. The fourth-order valence-electron chi connectivity index (χ4n) is 1.88. The van der Waals surface area contributed by atoms with Crippen molar-refractivity contribution in [1.82, 2.24) is 0 Å². The van der Waals surface area contributed by atoms with Crippen LogP contribution in [0.4, 0.5) is 0 Å². The third-order valence-electron chi connectivity index (χ3n) is 3.01. The summed E-state index contributed by atoms with van der Waals surface area (Å²) in [6.07, 6.45) is 0.